The molecule has 2 heterocycles. The van der Waals surface area contributed by atoms with Crippen LogP contribution in [0.5, 0.6) is 0 Å². The Morgan fingerprint density at radius 2 is 1.73 bits per heavy atom. The van der Waals surface area contributed by atoms with Crippen LogP contribution in [0, 0.1) is 5.41 Å². The minimum absolute atomic E-state index is 0.128. The van der Waals surface area contributed by atoms with E-state index in [9.17, 15) is 9.90 Å². The van der Waals surface area contributed by atoms with Crippen LogP contribution >= 0.6 is 0 Å². The van der Waals surface area contributed by atoms with Crippen LogP contribution in [0.15, 0.2) is 59.4 Å². The number of para-hydroxylation sites is 1. The van der Waals surface area contributed by atoms with Gasteiger partial charge in [0.2, 0.25) is 0 Å². The predicted molar refractivity (Wildman–Crippen MR) is 103 cm³/mol. The lowest BCUT2D eigenvalue weighted by molar-refractivity contribution is 0.0512. The molecular formula is C21H23N3O2. The van der Waals surface area contributed by atoms with E-state index < -0.39 is 11.5 Å². The molecule has 2 aromatic carbocycles. The summed E-state index contributed by atoms with van der Waals surface area (Å²) in [6, 6.07) is 17.5. The van der Waals surface area contributed by atoms with Gasteiger partial charge in [0.15, 0.2) is 5.82 Å². The van der Waals surface area contributed by atoms with Gasteiger partial charge in [-0.1, -0.05) is 63.2 Å². The Morgan fingerprint density at radius 1 is 1.08 bits per heavy atom. The molecule has 3 aromatic rings. The number of aromatic nitrogens is 2. The van der Waals surface area contributed by atoms with Crippen molar-refractivity contribution in [1.82, 2.24) is 9.66 Å². The van der Waals surface area contributed by atoms with Gasteiger partial charge < -0.3 is 5.11 Å². The molecule has 1 saturated heterocycles. The summed E-state index contributed by atoms with van der Waals surface area (Å²) in [6.07, 6.45) is -0.850. The van der Waals surface area contributed by atoms with Crippen LogP contribution in [-0.2, 0) is 0 Å². The summed E-state index contributed by atoms with van der Waals surface area (Å²) < 4.78 is 1.58. The number of fused-ring (bicyclic) bond motifs is 1. The number of rotatable bonds is 3. The molecule has 0 bridgehead atoms. The van der Waals surface area contributed by atoms with Crippen molar-refractivity contribution in [2.75, 3.05) is 11.6 Å². The zero-order valence-corrected chi connectivity index (χ0v) is 15.3. The van der Waals surface area contributed by atoms with Gasteiger partial charge in [0.1, 0.15) is 6.10 Å². The highest BCUT2D eigenvalue weighted by Crippen LogP contribution is 2.36. The lowest BCUT2D eigenvalue weighted by Crippen LogP contribution is -2.36. The highest BCUT2D eigenvalue weighted by atomic mass is 16.3. The Morgan fingerprint density at radius 3 is 2.42 bits per heavy atom. The van der Waals surface area contributed by atoms with Crippen LogP contribution in [0.2, 0.25) is 0 Å². The summed E-state index contributed by atoms with van der Waals surface area (Å²) in [5.74, 6) is 0.402. The molecule has 1 aliphatic rings. The van der Waals surface area contributed by atoms with E-state index in [1.54, 1.807) is 10.7 Å². The van der Waals surface area contributed by atoms with Gasteiger partial charge in [0.25, 0.3) is 5.56 Å². The van der Waals surface area contributed by atoms with Crippen molar-refractivity contribution in [2.45, 2.75) is 32.9 Å². The molecule has 26 heavy (non-hydrogen) atoms. The van der Waals surface area contributed by atoms with Crippen molar-refractivity contribution >= 4 is 10.9 Å². The normalized spacial score (nSPS) is 18.2. The Hall–Kier alpha value is -2.66. The standard InChI is InChI=1S/C21H23N3O2/c1-21(2,3)18(25)19-22-16-12-8-7-11-15(16)20(26)24(19)23-13-17(23)14-9-5-4-6-10-14/h4-12,17-18,25H,13H2,1-3H3/t17-,18-,23?/m1/s1. The molecule has 1 aliphatic heterocycles. The van der Waals surface area contributed by atoms with E-state index in [0.29, 0.717) is 16.7 Å². The lowest BCUT2D eigenvalue weighted by atomic mass is 9.88. The topological polar surface area (TPSA) is 58.1 Å². The number of hydrogen-bond donors (Lipinski definition) is 1. The molecule has 2 atom stereocenters. The molecule has 0 radical (unpaired) electrons. The molecule has 1 aromatic heterocycles. The van der Waals surface area contributed by atoms with Crippen molar-refractivity contribution < 1.29 is 5.11 Å². The van der Waals surface area contributed by atoms with Gasteiger partial charge in [-0.05, 0) is 23.1 Å². The van der Waals surface area contributed by atoms with E-state index >= 15 is 0 Å². The van der Waals surface area contributed by atoms with E-state index in [-0.39, 0.29) is 11.6 Å². The minimum atomic E-state index is -0.850. The van der Waals surface area contributed by atoms with Crippen molar-refractivity contribution in [2.24, 2.45) is 5.41 Å². The first-order chi connectivity index (χ1) is 12.4. The monoisotopic (exact) mass is 349 g/mol. The Bertz CT molecular complexity index is 1010. The number of aliphatic hydroxyl groups is 1. The first-order valence-electron chi connectivity index (χ1n) is 8.89. The van der Waals surface area contributed by atoms with Gasteiger partial charge in [0.05, 0.1) is 23.5 Å². The Kier molecular flexibility index (Phi) is 3.84. The summed E-state index contributed by atoms with van der Waals surface area (Å²) in [7, 11) is 0. The number of nitrogens with zero attached hydrogens (tertiary/aromatic N) is 3. The van der Waals surface area contributed by atoms with Gasteiger partial charge in [-0.15, -0.1) is 0 Å². The van der Waals surface area contributed by atoms with Crippen molar-refractivity contribution in [3.8, 4) is 0 Å². The highest BCUT2D eigenvalue weighted by molar-refractivity contribution is 5.77. The Labute approximate surface area is 152 Å². The second-order valence-corrected chi connectivity index (χ2v) is 7.92. The molecule has 0 unspecified atom stereocenters. The lowest BCUT2D eigenvalue weighted by Gasteiger charge is -2.28. The third kappa shape index (κ3) is 2.78. The van der Waals surface area contributed by atoms with E-state index in [2.05, 4.69) is 17.1 Å². The molecular weight excluding hydrogens is 326 g/mol. The van der Waals surface area contributed by atoms with Gasteiger partial charge in [-0.25, -0.2) is 9.66 Å². The summed E-state index contributed by atoms with van der Waals surface area (Å²) in [5, 5.41) is 13.4. The summed E-state index contributed by atoms with van der Waals surface area (Å²) in [6.45, 7) is 6.56. The van der Waals surface area contributed by atoms with Crippen LogP contribution < -0.4 is 10.6 Å². The SMILES string of the molecule is CC(C)(C)[C@H](O)c1nc2ccccc2c(=O)n1N1C[C@@H]1c1ccccc1. The maximum absolute atomic E-state index is 13.2. The average Bonchev–Trinajstić information content (AvgIpc) is 3.41. The smallest absolute Gasteiger partial charge is 0.280 e. The van der Waals surface area contributed by atoms with Crippen LogP contribution in [0.3, 0.4) is 0 Å². The number of benzene rings is 2. The van der Waals surface area contributed by atoms with Crippen LogP contribution in [0.1, 0.15) is 44.3 Å². The third-order valence-electron chi connectivity index (χ3n) is 4.87. The van der Waals surface area contributed by atoms with E-state index in [1.165, 1.54) is 0 Å². The molecule has 4 rings (SSSR count). The van der Waals surface area contributed by atoms with Crippen molar-refractivity contribution in [1.29, 1.82) is 0 Å². The molecule has 0 saturated carbocycles. The highest BCUT2D eigenvalue weighted by Gasteiger charge is 2.40. The summed E-state index contributed by atoms with van der Waals surface area (Å²) >= 11 is 0. The molecule has 5 nitrogen and oxygen atoms in total. The fourth-order valence-electron chi connectivity index (χ4n) is 3.26. The second-order valence-electron chi connectivity index (χ2n) is 7.92. The number of hydrogen-bond acceptors (Lipinski definition) is 4. The number of aliphatic hydroxyl groups excluding tert-OH is 1. The van der Waals surface area contributed by atoms with Gasteiger partial charge >= 0.3 is 0 Å². The molecule has 0 spiro atoms. The van der Waals surface area contributed by atoms with Gasteiger partial charge in [-0.2, -0.15) is 0 Å². The van der Waals surface area contributed by atoms with E-state index in [0.717, 1.165) is 12.1 Å². The predicted octanol–water partition coefficient (Wildman–Crippen LogP) is 3.17. The maximum atomic E-state index is 13.2. The van der Waals surface area contributed by atoms with Gasteiger partial charge in [-0.3, -0.25) is 9.80 Å². The van der Waals surface area contributed by atoms with Crippen LogP contribution in [0.25, 0.3) is 10.9 Å². The average molecular weight is 349 g/mol. The Balaban J connectivity index is 1.88. The summed E-state index contributed by atoms with van der Waals surface area (Å²) in [4.78, 5) is 17.9. The molecule has 1 N–H and O–H groups in total. The quantitative estimate of drug-likeness (QED) is 0.738. The first kappa shape index (κ1) is 16.8. The third-order valence-corrected chi connectivity index (χ3v) is 4.87. The molecule has 0 amide bonds. The first-order valence-corrected chi connectivity index (χ1v) is 8.89. The molecule has 5 heteroatoms. The minimum Gasteiger partial charge on any atom is -0.385 e. The van der Waals surface area contributed by atoms with Crippen molar-refractivity contribution in [3.63, 3.8) is 0 Å². The van der Waals surface area contributed by atoms with Crippen LogP contribution in [-0.4, -0.2) is 21.3 Å². The van der Waals surface area contributed by atoms with E-state index in [4.69, 9.17) is 0 Å². The zero-order valence-electron chi connectivity index (χ0n) is 15.3. The fourth-order valence-corrected chi connectivity index (χ4v) is 3.26. The zero-order chi connectivity index (χ0) is 18.5. The maximum Gasteiger partial charge on any atom is 0.280 e. The second kappa shape index (κ2) is 5.95. The van der Waals surface area contributed by atoms with Crippen molar-refractivity contribution in [3.05, 3.63) is 76.3 Å². The summed E-state index contributed by atoms with van der Waals surface area (Å²) in [5.41, 5.74) is 1.21. The molecule has 134 valence electrons. The molecule has 0 aliphatic carbocycles. The van der Waals surface area contributed by atoms with E-state index in [1.807, 2.05) is 62.2 Å². The molecule has 1 fully saturated rings. The fraction of sp³-hybridized carbons (Fsp3) is 0.333. The largest absolute Gasteiger partial charge is 0.385 e. The van der Waals surface area contributed by atoms with Gasteiger partial charge in [0, 0.05) is 0 Å². The van der Waals surface area contributed by atoms with Crippen LogP contribution in [0.4, 0.5) is 0 Å².